The van der Waals surface area contributed by atoms with Crippen molar-refractivity contribution in [3.8, 4) is 5.75 Å². The predicted molar refractivity (Wildman–Crippen MR) is 85.3 cm³/mol. The Kier molecular flexibility index (Phi) is 3.67. The van der Waals surface area contributed by atoms with Gasteiger partial charge in [-0.25, -0.2) is 8.42 Å². The molecule has 1 heterocycles. The van der Waals surface area contributed by atoms with E-state index in [1.807, 2.05) is 19.1 Å². The van der Waals surface area contributed by atoms with Crippen LogP contribution in [0.25, 0.3) is 0 Å². The summed E-state index contributed by atoms with van der Waals surface area (Å²) in [4.78, 5) is 0.249. The molecule has 0 radical (unpaired) electrons. The van der Waals surface area contributed by atoms with Crippen LogP contribution in [0.15, 0.2) is 45.8 Å². The van der Waals surface area contributed by atoms with Crippen LogP contribution >= 0.6 is 15.9 Å². The van der Waals surface area contributed by atoms with E-state index in [0.717, 1.165) is 27.8 Å². The fraction of sp³-hybridized carbons (Fsp3) is 0.200. The normalized spacial score (nSPS) is 13.6. The summed E-state index contributed by atoms with van der Waals surface area (Å²) in [7, 11) is -3.61. The first-order valence-corrected chi connectivity index (χ1v) is 8.78. The van der Waals surface area contributed by atoms with Crippen LogP contribution in [0.1, 0.15) is 11.1 Å². The number of aryl methyl sites for hydroxylation is 1. The number of halogens is 1. The molecule has 0 amide bonds. The molecule has 1 aliphatic heterocycles. The molecule has 0 saturated heterocycles. The summed E-state index contributed by atoms with van der Waals surface area (Å²) in [6.45, 7) is 2.55. The van der Waals surface area contributed by atoms with E-state index in [2.05, 4.69) is 20.7 Å². The third-order valence-electron chi connectivity index (χ3n) is 3.34. The summed E-state index contributed by atoms with van der Waals surface area (Å²) in [5, 5.41) is 0. The second-order valence-electron chi connectivity index (χ2n) is 4.96. The number of ether oxygens (including phenoxy) is 1. The minimum absolute atomic E-state index is 0.249. The van der Waals surface area contributed by atoms with E-state index in [-0.39, 0.29) is 4.90 Å². The Hall–Kier alpha value is -1.53. The molecular weight excluding hydrogens is 354 g/mol. The van der Waals surface area contributed by atoms with Gasteiger partial charge in [0, 0.05) is 10.9 Å². The van der Waals surface area contributed by atoms with Crippen molar-refractivity contribution < 1.29 is 13.2 Å². The van der Waals surface area contributed by atoms with Gasteiger partial charge in [-0.1, -0.05) is 6.07 Å². The number of hydrogen-bond acceptors (Lipinski definition) is 3. The summed E-state index contributed by atoms with van der Waals surface area (Å²) in [5.74, 6) is 0.769. The predicted octanol–water partition coefficient (Wildman–Crippen LogP) is 3.49. The molecule has 0 fully saturated rings. The van der Waals surface area contributed by atoms with Crippen molar-refractivity contribution in [2.45, 2.75) is 18.2 Å². The van der Waals surface area contributed by atoms with Crippen molar-refractivity contribution in [3.05, 3.63) is 52.0 Å². The van der Waals surface area contributed by atoms with Crippen molar-refractivity contribution in [1.82, 2.24) is 0 Å². The number of sulfonamides is 1. The molecule has 2 aromatic rings. The van der Waals surface area contributed by atoms with Crippen molar-refractivity contribution in [3.63, 3.8) is 0 Å². The second kappa shape index (κ2) is 5.35. The van der Waals surface area contributed by atoms with Crippen molar-refractivity contribution in [1.29, 1.82) is 0 Å². The highest BCUT2D eigenvalue weighted by molar-refractivity contribution is 9.10. The van der Waals surface area contributed by atoms with Gasteiger partial charge in [-0.15, -0.1) is 0 Å². The van der Waals surface area contributed by atoms with Gasteiger partial charge in [0.05, 0.1) is 17.2 Å². The molecule has 0 saturated carbocycles. The van der Waals surface area contributed by atoms with E-state index < -0.39 is 10.0 Å². The molecule has 21 heavy (non-hydrogen) atoms. The first-order chi connectivity index (χ1) is 9.95. The van der Waals surface area contributed by atoms with Crippen LogP contribution in [0.2, 0.25) is 0 Å². The second-order valence-corrected chi connectivity index (χ2v) is 7.49. The SMILES string of the molecule is Cc1ccc(NS(=O)(=O)c2ccc3c(c2)CCO3)c(Br)c1. The van der Waals surface area contributed by atoms with E-state index in [4.69, 9.17) is 4.74 Å². The number of hydrogen-bond donors (Lipinski definition) is 1. The zero-order chi connectivity index (χ0) is 15.0. The lowest BCUT2D eigenvalue weighted by atomic mass is 10.2. The molecule has 110 valence electrons. The van der Waals surface area contributed by atoms with Gasteiger partial charge in [-0.3, -0.25) is 4.72 Å². The summed E-state index contributed by atoms with van der Waals surface area (Å²) >= 11 is 3.38. The van der Waals surface area contributed by atoms with Crippen molar-refractivity contribution in [2.24, 2.45) is 0 Å². The van der Waals surface area contributed by atoms with Gasteiger partial charge in [0.2, 0.25) is 0 Å². The van der Waals surface area contributed by atoms with E-state index in [1.54, 1.807) is 24.3 Å². The average Bonchev–Trinajstić information content (AvgIpc) is 2.89. The number of fused-ring (bicyclic) bond motifs is 1. The number of benzene rings is 2. The van der Waals surface area contributed by atoms with Gasteiger partial charge in [0.1, 0.15) is 5.75 Å². The Morgan fingerprint density at radius 3 is 2.76 bits per heavy atom. The first kappa shape index (κ1) is 14.4. The van der Waals surface area contributed by atoms with Crippen molar-refractivity contribution >= 4 is 31.6 Å². The summed E-state index contributed by atoms with van der Waals surface area (Å²) in [5.41, 5.74) is 2.51. The molecule has 1 aliphatic rings. The summed E-state index contributed by atoms with van der Waals surface area (Å²) in [6, 6.07) is 10.4. The summed E-state index contributed by atoms with van der Waals surface area (Å²) in [6.07, 6.45) is 0.743. The Morgan fingerprint density at radius 1 is 1.19 bits per heavy atom. The molecule has 0 unspecified atom stereocenters. The third kappa shape index (κ3) is 2.91. The first-order valence-electron chi connectivity index (χ1n) is 6.50. The Morgan fingerprint density at radius 2 is 2.00 bits per heavy atom. The van der Waals surface area contributed by atoms with Crippen LogP contribution in [0.4, 0.5) is 5.69 Å². The van der Waals surface area contributed by atoms with E-state index in [9.17, 15) is 8.42 Å². The standard InChI is InChI=1S/C15H14BrNO3S/c1-10-2-4-14(13(16)8-10)17-21(18,19)12-3-5-15-11(9-12)6-7-20-15/h2-5,8-9,17H,6-7H2,1H3. The highest BCUT2D eigenvalue weighted by Crippen LogP contribution is 2.30. The molecular formula is C15H14BrNO3S. The molecule has 2 aromatic carbocycles. The van der Waals surface area contributed by atoms with Crippen LogP contribution in [0.5, 0.6) is 5.75 Å². The third-order valence-corrected chi connectivity index (χ3v) is 5.36. The monoisotopic (exact) mass is 367 g/mol. The number of anilines is 1. The zero-order valence-corrected chi connectivity index (χ0v) is 13.8. The van der Waals surface area contributed by atoms with Crippen molar-refractivity contribution in [2.75, 3.05) is 11.3 Å². The Bertz CT molecular complexity index is 803. The van der Waals surface area contributed by atoms with Gasteiger partial charge < -0.3 is 4.74 Å². The molecule has 6 heteroatoms. The Balaban J connectivity index is 1.93. The van der Waals surface area contributed by atoms with E-state index >= 15 is 0 Å². The molecule has 0 atom stereocenters. The van der Waals surface area contributed by atoms with E-state index in [0.29, 0.717) is 12.3 Å². The van der Waals surface area contributed by atoms with Crippen LogP contribution < -0.4 is 9.46 Å². The minimum atomic E-state index is -3.61. The lowest BCUT2D eigenvalue weighted by Gasteiger charge is -2.11. The van der Waals surface area contributed by atoms with Crippen LogP contribution in [-0.4, -0.2) is 15.0 Å². The lowest BCUT2D eigenvalue weighted by molar-refractivity contribution is 0.356. The van der Waals surface area contributed by atoms with E-state index in [1.165, 1.54) is 0 Å². The van der Waals surface area contributed by atoms with Gasteiger partial charge in [-0.2, -0.15) is 0 Å². The largest absolute Gasteiger partial charge is 0.493 e. The van der Waals surface area contributed by atoms with Crippen LogP contribution in [0, 0.1) is 6.92 Å². The van der Waals surface area contributed by atoms with Gasteiger partial charge in [-0.05, 0) is 64.3 Å². The molecule has 0 bridgehead atoms. The van der Waals surface area contributed by atoms with Crippen LogP contribution in [0.3, 0.4) is 0 Å². The fourth-order valence-electron chi connectivity index (χ4n) is 2.24. The quantitative estimate of drug-likeness (QED) is 0.902. The highest BCUT2D eigenvalue weighted by atomic mass is 79.9. The fourth-order valence-corrected chi connectivity index (χ4v) is 4.09. The highest BCUT2D eigenvalue weighted by Gasteiger charge is 2.20. The zero-order valence-electron chi connectivity index (χ0n) is 11.4. The number of nitrogens with one attached hydrogen (secondary N) is 1. The molecule has 0 aromatic heterocycles. The molecule has 0 aliphatic carbocycles. The maximum Gasteiger partial charge on any atom is 0.261 e. The molecule has 0 spiro atoms. The Labute approximate surface area is 132 Å². The molecule has 3 rings (SSSR count). The average molecular weight is 368 g/mol. The van der Waals surface area contributed by atoms with Gasteiger partial charge in [0.15, 0.2) is 0 Å². The maximum absolute atomic E-state index is 12.5. The maximum atomic E-state index is 12.5. The van der Waals surface area contributed by atoms with Gasteiger partial charge >= 0.3 is 0 Å². The topological polar surface area (TPSA) is 55.4 Å². The number of rotatable bonds is 3. The minimum Gasteiger partial charge on any atom is -0.493 e. The molecule has 4 nitrogen and oxygen atoms in total. The smallest absolute Gasteiger partial charge is 0.261 e. The molecule has 1 N–H and O–H groups in total. The van der Waals surface area contributed by atoms with Crippen LogP contribution in [-0.2, 0) is 16.4 Å². The lowest BCUT2D eigenvalue weighted by Crippen LogP contribution is -2.13. The summed E-state index contributed by atoms with van der Waals surface area (Å²) < 4.78 is 33.6. The van der Waals surface area contributed by atoms with Gasteiger partial charge in [0.25, 0.3) is 10.0 Å².